The van der Waals surface area contributed by atoms with Crippen LogP contribution in [0, 0.1) is 0 Å². The maximum Gasteiger partial charge on any atom is 0.189 e. The van der Waals surface area contributed by atoms with Gasteiger partial charge in [0.1, 0.15) is 5.75 Å². The van der Waals surface area contributed by atoms with Crippen molar-refractivity contribution in [1.29, 1.82) is 0 Å². The van der Waals surface area contributed by atoms with Gasteiger partial charge < -0.3 is 20.9 Å². The number of aliphatic hydroxyl groups is 1. The van der Waals surface area contributed by atoms with Crippen molar-refractivity contribution in [3.63, 3.8) is 0 Å². The first kappa shape index (κ1) is 16.3. The number of hydrogen-bond donors (Lipinski definition) is 3. The highest BCUT2D eigenvalue weighted by atomic mass is 16.5. The molecule has 24 heavy (non-hydrogen) atoms. The van der Waals surface area contributed by atoms with Crippen LogP contribution >= 0.6 is 0 Å². The molecule has 1 aliphatic rings. The summed E-state index contributed by atoms with van der Waals surface area (Å²) in [7, 11) is 0. The number of nitrogens with two attached hydrogens (primary N) is 1. The van der Waals surface area contributed by atoms with Crippen molar-refractivity contribution < 1.29 is 9.84 Å². The van der Waals surface area contributed by atoms with Gasteiger partial charge in [-0.1, -0.05) is 48.5 Å². The van der Waals surface area contributed by atoms with E-state index in [0.717, 1.165) is 23.3 Å². The molecule has 0 radical (unpaired) electrons. The standard InChI is InChI=1S/C19H23N3O2/c20-19(21-12-15(13-23)14-6-2-1-3-7-14)22-17-10-11-24-18-9-5-4-8-16(17)18/h1-9,15,17,23H,10-13H2,(H3,20,21,22). The molecule has 0 fully saturated rings. The van der Waals surface area contributed by atoms with Gasteiger partial charge in [0.2, 0.25) is 0 Å². The van der Waals surface area contributed by atoms with Crippen molar-refractivity contribution in [2.24, 2.45) is 10.7 Å². The Hall–Kier alpha value is -2.53. The average Bonchev–Trinajstić information content (AvgIpc) is 2.63. The zero-order valence-electron chi connectivity index (χ0n) is 13.6. The summed E-state index contributed by atoms with van der Waals surface area (Å²) >= 11 is 0. The van der Waals surface area contributed by atoms with Crippen LogP contribution in [0.25, 0.3) is 0 Å². The lowest BCUT2D eigenvalue weighted by Gasteiger charge is -2.27. The highest BCUT2D eigenvalue weighted by Crippen LogP contribution is 2.31. The Balaban J connectivity index is 1.65. The second-order valence-corrected chi connectivity index (χ2v) is 5.89. The number of nitrogens with one attached hydrogen (secondary N) is 1. The monoisotopic (exact) mass is 325 g/mol. The van der Waals surface area contributed by atoms with Crippen LogP contribution in [0.15, 0.2) is 59.6 Å². The molecule has 0 amide bonds. The van der Waals surface area contributed by atoms with Crippen LogP contribution in [0.2, 0.25) is 0 Å². The van der Waals surface area contributed by atoms with Crippen LogP contribution < -0.4 is 15.8 Å². The predicted octanol–water partition coefficient (Wildman–Crippen LogP) is 2.19. The Morgan fingerprint density at radius 2 is 1.96 bits per heavy atom. The van der Waals surface area contributed by atoms with Gasteiger partial charge in [-0.3, -0.25) is 4.99 Å². The Morgan fingerprint density at radius 1 is 1.21 bits per heavy atom. The lowest BCUT2D eigenvalue weighted by molar-refractivity contribution is 0.261. The van der Waals surface area contributed by atoms with Crippen molar-refractivity contribution in [2.75, 3.05) is 19.8 Å². The molecule has 2 aromatic carbocycles. The van der Waals surface area contributed by atoms with Gasteiger partial charge in [-0.05, 0) is 11.6 Å². The normalized spacial score (nSPS) is 18.4. The fraction of sp³-hybridized carbons (Fsp3) is 0.316. The molecular formula is C19H23N3O2. The highest BCUT2D eigenvalue weighted by molar-refractivity contribution is 5.78. The molecule has 4 N–H and O–H groups in total. The maximum absolute atomic E-state index is 9.60. The first-order chi connectivity index (χ1) is 11.8. The Bertz CT molecular complexity index is 688. The molecule has 0 aromatic heterocycles. The fourth-order valence-corrected chi connectivity index (χ4v) is 2.92. The third-order valence-corrected chi connectivity index (χ3v) is 4.25. The van der Waals surface area contributed by atoms with Crippen molar-refractivity contribution in [3.8, 4) is 5.75 Å². The van der Waals surface area contributed by atoms with E-state index < -0.39 is 0 Å². The van der Waals surface area contributed by atoms with Gasteiger partial charge in [0.15, 0.2) is 5.96 Å². The summed E-state index contributed by atoms with van der Waals surface area (Å²) in [6.45, 7) is 1.15. The first-order valence-electron chi connectivity index (χ1n) is 8.22. The zero-order valence-corrected chi connectivity index (χ0v) is 13.6. The summed E-state index contributed by atoms with van der Waals surface area (Å²) in [6, 6.07) is 17.9. The van der Waals surface area contributed by atoms with Gasteiger partial charge in [0, 0.05) is 17.9 Å². The number of ether oxygens (including phenoxy) is 1. The summed E-state index contributed by atoms with van der Waals surface area (Å²) in [6.07, 6.45) is 0.843. The molecule has 0 saturated heterocycles. The Kier molecular flexibility index (Phi) is 5.33. The van der Waals surface area contributed by atoms with E-state index in [1.807, 2.05) is 54.6 Å². The first-order valence-corrected chi connectivity index (χ1v) is 8.22. The van der Waals surface area contributed by atoms with E-state index >= 15 is 0 Å². The van der Waals surface area contributed by atoms with E-state index in [4.69, 9.17) is 10.5 Å². The second-order valence-electron chi connectivity index (χ2n) is 5.89. The number of rotatable bonds is 5. The van der Waals surface area contributed by atoms with Gasteiger partial charge >= 0.3 is 0 Å². The summed E-state index contributed by atoms with van der Waals surface area (Å²) < 4.78 is 5.65. The molecule has 3 rings (SSSR count). The van der Waals surface area contributed by atoms with Gasteiger partial charge in [-0.2, -0.15) is 0 Å². The summed E-state index contributed by atoms with van der Waals surface area (Å²) in [5, 5.41) is 12.9. The number of para-hydroxylation sites is 1. The molecule has 0 bridgehead atoms. The number of hydrogen-bond acceptors (Lipinski definition) is 3. The molecule has 126 valence electrons. The smallest absolute Gasteiger partial charge is 0.189 e. The lowest BCUT2D eigenvalue weighted by atomic mass is 10.0. The summed E-state index contributed by atoms with van der Waals surface area (Å²) in [4.78, 5) is 4.42. The third kappa shape index (κ3) is 3.86. The number of fused-ring (bicyclic) bond motifs is 1. The molecule has 2 atom stereocenters. The van der Waals surface area contributed by atoms with Gasteiger partial charge in [-0.15, -0.1) is 0 Å². The molecule has 1 aliphatic heterocycles. The molecular weight excluding hydrogens is 302 g/mol. The van der Waals surface area contributed by atoms with Crippen molar-refractivity contribution in [2.45, 2.75) is 18.4 Å². The molecule has 0 aliphatic carbocycles. The van der Waals surface area contributed by atoms with E-state index in [1.165, 1.54) is 0 Å². The van der Waals surface area contributed by atoms with Crippen LogP contribution in [0.5, 0.6) is 5.75 Å². The molecule has 2 aromatic rings. The molecule has 0 spiro atoms. The van der Waals surface area contributed by atoms with Crippen LogP contribution in [0.4, 0.5) is 0 Å². The number of aliphatic hydroxyl groups excluding tert-OH is 1. The largest absolute Gasteiger partial charge is 0.493 e. The topological polar surface area (TPSA) is 79.9 Å². The van der Waals surface area contributed by atoms with E-state index in [-0.39, 0.29) is 18.6 Å². The second kappa shape index (κ2) is 7.84. The van der Waals surface area contributed by atoms with Gasteiger partial charge in [0.25, 0.3) is 0 Å². The summed E-state index contributed by atoms with van der Waals surface area (Å²) in [5.74, 6) is 1.24. The minimum atomic E-state index is -0.0477. The number of guanidine groups is 1. The van der Waals surface area contributed by atoms with Crippen LogP contribution in [-0.4, -0.2) is 30.8 Å². The van der Waals surface area contributed by atoms with Crippen LogP contribution in [-0.2, 0) is 0 Å². The van der Waals surface area contributed by atoms with Crippen LogP contribution in [0.3, 0.4) is 0 Å². The summed E-state index contributed by atoms with van der Waals surface area (Å²) in [5.41, 5.74) is 8.22. The van der Waals surface area contributed by atoms with E-state index in [9.17, 15) is 5.11 Å². The van der Waals surface area contributed by atoms with Crippen molar-refractivity contribution >= 4 is 5.96 Å². The molecule has 2 unspecified atom stereocenters. The highest BCUT2D eigenvalue weighted by Gasteiger charge is 2.21. The SMILES string of the molecule is NC(=NCC(CO)c1ccccc1)NC1CCOc2ccccc21. The molecule has 0 saturated carbocycles. The van der Waals surface area contributed by atoms with E-state index in [1.54, 1.807) is 0 Å². The third-order valence-electron chi connectivity index (χ3n) is 4.25. The van der Waals surface area contributed by atoms with Gasteiger partial charge in [-0.25, -0.2) is 0 Å². The number of benzene rings is 2. The quantitative estimate of drug-likeness (QED) is 0.581. The van der Waals surface area contributed by atoms with Gasteiger partial charge in [0.05, 0.1) is 25.8 Å². The van der Waals surface area contributed by atoms with Crippen molar-refractivity contribution in [3.05, 3.63) is 65.7 Å². The van der Waals surface area contributed by atoms with E-state index in [2.05, 4.69) is 10.3 Å². The number of nitrogens with zero attached hydrogens (tertiary/aromatic N) is 1. The Labute approximate surface area is 142 Å². The molecule has 5 heteroatoms. The number of aliphatic imine (C=N–C) groups is 1. The average molecular weight is 325 g/mol. The van der Waals surface area contributed by atoms with Crippen LogP contribution in [0.1, 0.15) is 29.5 Å². The fourth-order valence-electron chi connectivity index (χ4n) is 2.92. The zero-order chi connectivity index (χ0) is 16.8. The Morgan fingerprint density at radius 3 is 2.75 bits per heavy atom. The minimum Gasteiger partial charge on any atom is -0.493 e. The minimum absolute atomic E-state index is 0.0426. The molecule has 5 nitrogen and oxygen atoms in total. The maximum atomic E-state index is 9.60. The molecule has 1 heterocycles. The van der Waals surface area contributed by atoms with E-state index in [0.29, 0.717) is 19.1 Å². The predicted molar refractivity (Wildman–Crippen MR) is 95.2 cm³/mol. The van der Waals surface area contributed by atoms with Crippen molar-refractivity contribution in [1.82, 2.24) is 5.32 Å². The lowest BCUT2D eigenvalue weighted by Crippen LogP contribution is -2.37.